The van der Waals surface area contributed by atoms with Crippen LogP contribution in [0.1, 0.15) is 33.1 Å². The molecule has 0 spiro atoms. The van der Waals surface area contributed by atoms with Crippen molar-refractivity contribution in [1.82, 2.24) is 10.2 Å². The molecule has 0 aliphatic heterocycles. The number of likely N-dealkylation sites (N-methyl/N-ethyl adjacent to an activating group) is 1. The molecule has 1 N–H and O–H groups in total. The summed E-state index contributed by atoms with van der Waals surface area (Å²) in [6, 6.07) is -0.580. The molecule has 0 saturated carbocycles. The minimum absolute atomic E-state index is 0.220. The Morgan fingerprint density at radius 2 is 2.00 bits per heavy atom. The molecule has 0 radical (unpaired) electrons. The predicted octanol–water partition coefficient (Wildman–Crippen LogP) is 0.786. The van der Waals surface area contributed by atoms with Crippen LogP contribution < -0.4 is 5.32 Å². The van der Waals surface area contributed by atoms with Gasteiger partial charge in [-0.05, 0) is 20.0 Å². The topological polar surface area (TPSA) is 58.6 Å². The van der Waals surface area contributed by atoms with Crippen molar-refractivity contribution >= 4 is 11.9 Å². The maximum absolute atomic E-state index is 11.4. The SMILES string of the molecule is CCCCCN(C)CC(NC(C)=O)C(=O)OC. The zero-order valence-electron chi connectivity index (χ0n) is 11.3. The maximum Gasteiger partial charge on any atom is 0.329 e. The average Bonchev–Trinajstić information content (AvgIpc) is 2.27. The zero-order valence-corrected chi connectivity index (χ0v) is 11.3. The van der Waals surface area contributed by atoms with Gasteiger partial charge in [0.2, 0.25) is 5.91 Å². The van der Waals surface area contributed by atoms with Crippen LogP contribution in [-0.2, 0) is 14.3 Å². The maximum atomic E-state index is 11.4. The summed E-state index contributed by atoms with van der Waals surface area (Å²) in [5.41, 5.74) is 0. The van der Waals surface area contributed by atoms with Crippen LogP contribution in [0.25, 0.3) is 0 Å². The highest BCUT2D eigenvalue weighted by molar-refractivity contribution is 5.83. The molecule has 0 heterocycles. The Labute approximate surface area is 103 Å². The number of rotatable bonds is 8. The van der Waals surface area contributed by atoms with Gasteiger partial charge in [-0.2, -0.15) is 0 Å². The first-order valence-corrected chi connectivity index (χ1v) is 6.04. The first-order chi connectivity index (χ1) is 8.01. The standard InChI is InChI=1S/C12H24N2O3/c1-5-6-7-8-14(3)9-11(12(16)17-4)13-10(2)15/h11H,5-9H2,1-4H3,(H,13,15). The Kier molecular flexibility index (Phi) is 8.40. The van der Waals surface area contributed by atoms with Gasteiger partial charge in [-0.1, -0.05) is 19.8 Å². The van der Waals surface area contributed by atoms with Gasteiger partial charge in [0.15, 0.2) is 0 Å². The van der Waals surface area contributed by atoms with E-state index in [0.29, 0.717) is 6.54 Å². The summed E-state index contributed by atoms with van der Waals surface area (Å²) in [7, 11) is 3.27. The quantitative estimate of drug-likeness (QED) is 0.506. The lowest BCUT2D eigenvalue weighted by atomic mass is 10.2. The molecule has 0 aromatic heterocycles. The molecule has 0 saturated heterocycles. The summed E-state index contributed by atoms with van der Waals surface area (Å²) < 4.78 is 4.66. The van der Waals surface area contributed by atoms with Gasteiger partial charge in [-0.3, -0.25) is 4.79 Å². The van der Waals surface area contributed by atoms with E-state index in [1.807, 2.05) is 11.9 Å². The fourth-order valence-corrected chi connectivity index (χ4v) is 1.60. The number of carbonyl (C=O) groups is 2. The van der Waals surface area contributed by atoms with Crippen molar-refractivity contribution in [2.24, 2.45) is 0 Å². The number of hydrogen-bond donors (Lipinski definition) is 1. The Hall–Kier alpha value is -1.10. The zero-order chi connectivity index (χ0) is 13.3. The van der Waals surface area contributed by atoms with Gasteiger partial charge >= 0.3 is 5.97 Å². The lowest BCUT2D eigenvalue weighted by Crippen LogP contribution is -2.47. The predicted molar refractivity (Wildman–Crippen MR) is 66.6 cm³/mol. The van der Waals surface area contributed by atoms with E-state index in [9.17, 15) is 9.59 Å². The Morgan fingerprint density at radius 1 is 1.35 bits per heavy atom. The number of esters is 1. The molecule has 0 fully saturated rings. The molecule has 0 bridgehead atoms. The number of nitrogens with one attached hydrogen (secondary N) is 1. The van der Waals surface area contributed by atoms with Gasteiger partial charge in [0.1, 0.15) is 6.04 Å². The normalized spacial score (nSPS) is 12.3. The van der Waals surface area contributed by atoms with E-state index < -0.39 is 12.0 Å². The monoisotopic (exact) mass is 244 g/mol. The highest BCUT2D eigenvalue weighted by Crippen LogP contribution is 1.99. The second kappa shape index (κ2) is 8.98. The summed E-state index contributed by atoms with van der Waals surface area (Å²) in [6.45, 7) is 4.94. The first-order valence-electron chi connectivity index (χ1n) is 6.04. The summed E-state index contributed by atoms with van der Waals surface area (Å²) in [5.74, 6) is -0.620. The molecule has 1 unspecified atom stereocenters. The molecular formula is C12H24N2O3. The largest absolute Gasteiger partial charge is 0.467 e. The van der Waals surface area contributed by atoms with Gasteiger partial charge in [-0.25, -0.2) is 4.79 Å². The molecule has 0 rings (SSSR count). The average molecular weight is 244 g/mol. The molecule has 0 aromatic rings. The summed E-state index contributed by atoms with van der Waals surface area (Å²) in [5, 5.41) is 2.60. The van der Waals surface area contributed by atoms with Crippen LogP contribution >= 0.6 is 0 Å². The highest BCUT2D eigenvalue weighted by Gasteiger charge is 2.21. The molecule has 0 aliphatic rings. The number of methoxy groups -OCH3 is 1. The molecular weight excluding hydrogens is 220 g/mol. The molecule has 1 atom stereocenters. The lowest BCUT2D eigenvalue weighted by molar-refractivity contribution is -0.145. The van der Waals surface area contributed by atoms with Crippen LogP contribution in [0.5, 0.6) is 0 Å². The van der Waals surface area contributed by atoms with Crippen LogP contribution in [0.15, 0.2) is 0 Å². The van der Waals surface area contributed by atoms with Crippen molar-refractivity contribution in [2.45, 2.75) is 39.2 Å². The third-order valence-corrected chi connectivity index (χ3v) is 2.50. The van der Waals surface area contributed by atoms with Gasteiger partial charge in [0, 0.05) is 13.5 Å². The van der Waals surface area contributed by atoms with Gasteiger partial charge in [-0.15, -0.1) is 0 Å². The Morgan fingerprint density at radius 3 is 2.47 bits per heavy atom. The Bertz CT molecular complexity index is 244. The van der Waals surface area contributed by atoms with Crippen LogP contribution in [0.3, 0.4) is 0 Å². The van der Waals surface area contributed by atoms with E-state index in [0.717, 1.165) is 13.0 Å². The number of unbranched alkanes of at least 4 members (excludes halogenated alkanes) is 2. The summed E-state index contributed by atoms with van der Waals surface area (Å²) >= 11 is 0. The number of nitrogens with zero attached hydrogens (tertiary/aromatic N) is 1. The van der Waals surface area contributed by atoms with Crippen molar-refractivity contribution in [3.05, 3.63) is 0 Å². The molecule has 5 nitrogen and oxygen atoms in total. The molecule has 0 aliphatic carbocycles. The second-order valence-corrected chi connectivity index (χ2v) is 4.25. The van der Waals surface area contributed by atoms with Crippen molar-refractivity contribution in [2.75, 3.05) is 27.2 Å². The van der Waals surface area contributed by atoms with Crippen LogP contribution in [0.2, 0.25) is 0 Å². The fourth-order valence-electron chi connectivity index (χ4n) is 1.60. The highest BCUT2D eigenvalue weighted by atomic mass is 16.5. The van der Waals surface area contributed by atoms with Crippen LogP contribution in [0, 0.1) is 0 Å². The van der Waals surface area contributed by atoms with E-state index in [1.54, 1.807) is 0 Å². The summed E-state index contributed by atoms with van der Waals surface area (Å²) in [6.07, 6.45) is 3.44. The smallest absolute Gasteiger partial charge is 0.329 e. The Balaban J connectivity index is 4.12. The third kappa shape index (κ3) is 7.74. The van der Waals surface area contributed by atoms with Crippen LogP contribution in [0.4, 0.5) is 0 Å². The second-order valence-electron chi connectivity index (χ2n) is 4.25. The number of hydrogen-bond acceptors (Lipinski definition) is 4. The van der Waals surface area contributed by atoms with Crippen LogP contribution in [-0.4, -0.2) is 50.1 Å². The van der Waals surface area contributed by atoms with Gasteiger partial charge in [0.25, 0.3) is 0 Å². The first kappa shape index (κ1) is 15.9. The molecule has 100 valence electrons. The lowest BCUT2D eigenvalue weighted by Gasteiger charge is -2.22. The third-order valence-electron chi connectivity index (χ3n) is 2.50. The number of amides is 1. The minimum atomic E-state index is -0.580. The van der Waals surface area contributed by atoms with E-state index in [2.05, 4.69) is 17.0 Å². The number of carbonyl (C=O) groups excluding carboxylic acids is 2. The van der Waals surface area contributed by atoms with Crippen molar-refractivity contribution in [1.29, 1.82) is 0 Å². The van der Waals surface area contributed by atoms with Gasteiger partial charge < -0.3 is 15.0 Å². The van der Waals surface area contributed by atoms with E-state index in [-0.39, 0.29) is 5.91 Å². The van der Waals surface area contributed by atoms with Crippen molar-refractivity contribution in [3.63, 3.8) is 0 Å². The van der Waals surface area contributed by atoms with Crippen molar-refractivity contribution in [3.8, 4) is 0 Å². The number of ether oxygens (including phenoxy) is 1. The van der Waals surface area contributed by atoms with E-state index in [1.165, 1.54) is 26.9 Å². The van der Waals surface area contributed by atoms with E-state index >= 15 is 0 Å². The van der Waals surface area contributed by atoms with Gasteiger partial charge in [0.05, 0.1) is 7.11 Å². The molecule has 17 heavy (non-hydrogen) atoms. The molecule has 1 amide bonds. The fraction of sp³-hybridized carbons (Fsp3) is 0.833. The van der Waals surface area contributed by atoms with Crippen molar-refractivity contribution < 1.29 is 14.3 Å². The molecule has 5 heteroatoms. The molecule has 0 aromatic carbocycles. The van der Waals surface area contributed by atoms with E-state index in [4.69, 9.17) is 0 Å². The minimum Gasteiger partial charge on any atom is -0.467 e. The summed E-state index contributed by atoms with van der Waals surface area (Å²) in [4.78, 5) is 24.5.